The molecule has 4 heteroatoms. The lowest BCUT2D eigenvalue weighted by Gasteiger charge is -2.29. The molecule has 1 aromatic rings. The maximum Gasteiger partial charge on any atom is 0.113 e. The fourth-order valence-electron chi connectivity index (χ4n) is 2.45. The van der Waals surface area contributed by atoms with Gasteiger partial charge in [-0.1, -0.05) is 6.92 Å². The minimum absolute atomic E-state index is 0.0430. The van der Waals surface area contributed by atoms with E-state index in [4.69, 9.17) is 9.72 Å². The van der Waals surface area contributed by atoms with Crippen LogP contribution in [0.15, 0.2) is 0 Å². The summed E-state index contributed by atoms with van der Waals surface area (Å²) in [6, 6.07) is 0. The van der Waals surface area contributed by atoms with Crippen LogP contribution in [0, 0.1) is 12.8 Å². The zero-order valence-electron chi connectivity index (χ0n) is 11.9. The summed E-state index contributed by atoms with van der Waals surface area (Å²) < 4.78 is 5.14. The summed E-state index contributed by atoms with van der Waals surface area (Å²) in [5.41, 5.74) is 1.30. The zero-order valence-corrected chi connectivity index (χ0v) is 12.7. The van der Waals surface area contributed by atoms with Gasteiger partial charge in [0.15, 0.2) is 0 Å². The van der Waals surface area contributed by atoms with Crippen LogP contribution >= 0.6 is 11.3 Å². The van der Waals surface area contributed by atoms with Crippen LogP contribution in [-0.4, -0.2) is 25.2 Å². The predicted molar refractivity (Wildman–Crippen MR) is 76.2 cm³/mol. The number of ether oxygens (including phenoxy) is 1. The SMILES string of the molecule is CCc1nc(C(C)(NCCOC)C2CC2)sc1C. The summed E-state index contributed by atoms with van der Waals surface area (Å²) in [6.45, 7) is 8.32. The maximum absolute atomic E-state index is 5.14. The van der Waals surface area contributed by atoms with Crippen molar-refractivity contribution >= 4 is 11.3 Å². The molecule has 1 atom stereocenters. The van der Waals surface area contributed by atoms with Gasteiger partial charge in [-0.15, -0.1) is 11.3 Å². The standard InChI is InChI=1S/C14H24N2OS/c1-5-12-10(2)18-13(16-12)14(3,11-6-7-11)15-8-9-17-4/h11,15H,5-9H2,1-4H3. The number of methoxy groups -OCH3 is 1. The molecule has 3 nitrogen and oxygen atoms in total. The number of hydrogen-bond acceptors (Lipinski definition) is 4. The maximum atomic E-state index is 5.14. The Kier molecular flexibility index (Phi) is 4.41. The number of rotatable bonds is 7. The number of hydrogen-bond donors (Lipinski definition) is 1. The predicted octanol–water partition coefficient (Wildman–Crippen LogP) is 2.88. The van der Waals surface area contributed by atoms with Gasteiger partial charge in [-0.2, -0.15) is 0 Å². The van der Waals surface area contributed by atoms with E-state index in [9.17, 15) is 0 Å². The van der Waals surface area contributed by atoms with Crippen LogP contribution in [0.3, 0.4) is 0 Å². The van der Waals surface area contributed by atoms with E-state index < -0.39 is 0 Å². The Morgan fingerprint density at radius 3 is 2.72 bits per heavy atom. The summed E-state index contributed by atoms with van der Waals surface area (Å²) in [4.78, 5) is 6.22. The molecule has 1 saturated carbocycles. The lowest BCUT2D eigenvalue weighted by atomic mass is 9.96. The molecule has 0 aliphatic heterocycles. The van der Waals surface area contributed by atoms with Gasteiger partial charge >= 0.3 is 0 Å². The van der Waals surface area contributed by atoms with Crippen molar-refractivity contribution in [1.82, 2.24) is 10.3 Å². The fraction of sp³-hybridized carbons (Fsp3) is 0.786. The quantitative estimate of drug-likeness (QED) is 0.772. The highest BCUT2D eigenvalue weighted by Gasteiger charge is 2.44. The Balaban J connectivity index is 2.17. The molecule has 0 aromatic carbocycles. The van der Waals surface area contributed by atoms with Crippen molar-refractivity contribution in [1.29, 1.82) is 0 Å². The number of aryl methyl sites for hydroxylation is 2. The van der Waals surface area contributed by atoms with Gasteiger partial charge in [-0.25, -0.2) is 4.98 Å². The summed E-state index contributed by atoms with van der Waals surface area (Å²) in [7, 11) is 1.75. The smallest absolute Gasteiger partial charge is 0.113 e. The number of aromatic nitrogens is 1. The van der Waals surface area contributed by atoms with Crippen LogP contribution in [0.1, 0.15) is 42.3 Å². The van der Waals surface area contributed by atoms with E-state index in [2.05, 4.69) is 26.1 Å². The first kappa shape index (κ1) is 14.0. The molecule has 0 spiro atoms. The van der Waals surface area contributed by atoms with Gasteiger partial charge in [-0.3, -0.25) is 0 Å². The van der Waals surface area contributed by atoms with Crippen LogP contribution < -0.4 is 5.32 Å². The van der Waals surface area contributed by atoms with Gasteiger partial charge in [-0.05, 0) is 39.0 Å². The lowest BCUT2D eigenvalue weighted by Crippen LogP contribution is -2.43. The van der Waals surface area contributed by atoms with E-state index in [0.717, 1.165) is 25.5 Å². The molecule has 0 radical (unpaired) electrons. The number of nitrogens with zero attached hydrogens (tertiary/aromatic N) is 1. The summed E-state index contributed by atoms with van der Waals surface area (Å²) in [6.07, 6.45) is 3.66. The van der Waals surface area contributed by atoms with E-state index >= 15 is 0 Å². The molecule has 18 heavy (non-hydrogen) atoms. The highest BCUT2D eigenvalue weighted by atomic mass is 32.1. The Labute approximate surface area is 114 Å². The average Bonchev–Trinajstić information content (AvgIpc) is 3.13. The molecule has 1 aliphatic rings. The molecular formula is C14H24N2OS. The van der Waals surface area contributed by atoms with Crippen LogP contribution in [0.5, 0.6) is 0 Å². The second-order valence-corrected chi connectivity index (χ2v) is 6.47. The van der Waals surface area contributed by atoms with E-state index in [-0.39, 0.29) is 5.54 Å². The van der Waals surface area contributed by atoms with Crippen LogP contribution in [0.2, 0.25) is 0 Å². The zero-order chi connectivity index (χ0) is 13.2. The van der Waals surface area contributed by atoms with E-state index in [0.29, 0.717) is 0 Å². The van der Waals surface area contributed by atoms with Gasteiger partial charge in [0.1, 0.15) is 5.01 Å². The van der Waals surface area contributed by atoms with E-state index in [1.165, 1.54) is 28.4 Å². The van der Waals surface area contributed by atoms with Crippen molar-refractivity contribution in [2.45, 2.75) is 45.6 Å². The third-order valence-corrected chi connectivity index (χ3v) is 5.11. The molecule has 1 aliphatic carbocycles. The van der Waals surface area contributed by atoms with Crippen LogP contribution in [-0.2, 0) is 16.7 Å². The number of thiazole rings is 1. The topological polar surface area (TPSA) is 34.2 Å². The molecule has 1 aromatic heterocycles. The Hall–Kier alpha value is -0.450. The van der Waals surface area contributed by atoms with Crippen molar-refractivity contribution in [2.24, 2.45) is 5.92 Å². The van der Waals surface area contributed by atoms with Crippen LogP contribution in [0.25, 0.3) is 0 Å². The Morgan fingerprint density at radius 2 is 2.22 bits per heavy atom. The third kappa shape index (κ3) is 2.76. The molecule has 1 heterocycles. The van der Waals surface area contributed by atoms with Gasteiger partial charge < -0.3 is 10.1 Å². The van der Waals surface area contributed by atoms with Gasteiger partial charge in [0, 0.05) is 18.5 Å². The molecule has 102 valence electrons. The first-order chi connectivity index (χ1) is 8.61. The summed E-state index contributed by atoms with van der Waals surface area (Å²) in [5.74, 6) is 0.740. The van der Waals surface area contributed by atoms with Crippen molar-refractivity contribution in [2.75, 3.05) is 20.3 Å². The molecular weight excluding hydrogens is 244 g/mol. The summed E-state index contributed by atoms with van der Waals surface area (Å²) >= 11 is 1.86. The third-order valence-electron chi connectivity index (χ3n) is 3.86. The molecule has 0 saturated heterocycles. The monoisotopic (exact) mass is 268 g/mol. The first-order valence-corrected chi connectivity index (χ1v) is 7.64. The second-order valence-electron chi connectivity index (χ2n) is 5.27. The highest BCUT2D eigenvalue weighted by molar-refractivity contribution is 7.11. The Bertz CT molecular complexity index is 400. The van der Waals surface area contributed by atoms with Crippen molar-refractivity contribution in [3.8, 4) is 0 Å². The van der Waals surface area contributed by atoms with Gasteiger partial charge in [0.05, 0.1) is 17.8 Å². The molecule has 2 rings (SSSR count). The fourth-order valence-corrected chi connectivity index (χ4v) is 3.65. The molecule has 0 bridgehead atoms. The van der Waals surface area contributed by atoms with Crippen molar-refractivity contribution in [3.63, 3.8) is 0 Å². The number of nitrogens with one attached hydrogen (secondary N) is 1. The molecule has 1 fully saturated rings. The van der Waals surface area contributed by atoms with E-state index in [1.807, 2.05) is 11.3 Å². The molecule has 1 unspecified atom stereocenters. The molecule has 1 N–H and O–H groups in total. The molecule has 0 amide bonds. The highest BCUT2D eigenvalue weighted by Crippen LogP contribution is 2.46. The Morgan fingerprint density at radius 1 is 1.50 bits per heavy atom. The average molecular weight is 268 g/mol. The first-order valence-electron chi connectivity index (χ1n) is 6.82. The largest absolute Gasteiger partial charge is 0.383 e. The normalized spacial score (nSPS) is 18.9. The van der Waals surface area contributed by atoms with Gasteiger partial charge in [0.2, 0.25) is 0 Å². The summed E-state index contributed by atoms with van der Waals surface area (Å²) in [5, 5.41) is 4.92. The van der Waals surface area contributed by atoms with Crippen molar-refractivity contribution in [3.05, 3.63) is 15.6 Å². The van der Waals surface area contributed by atoms with E-state index in [1.54, 1.807) is 7.11 Å². The van der Waals surface area contributed by atoms with Crippen molar-refractivity contribution < 1.29 is 4.74 Å². The minimum Gasteiger partial charge on any atom is -0.383 e. The minimum atomic E-state index is 0.0430. The van der Waals surface area contributed by atoms with Crippen LogP contribution in [0.4, 0.5) is 0 Å². The lowest BCUT2D eigenvalue weighted by molar-refractivity contribution is 0.181. The van der Waals surface area contributed by atoms with Gasteiger partial charge in [0.25, 0.3) is 0 Å². The second kappa shape index (κ2) is 5.68.